The van der Waals surface area contributed by atoms with Gasteiger partial charge in [0.05, 0.1) is 12.5 Å². The van der Waals surface area contributed by atoms with Gasteiger partial charge < -0.3 is 5.32 Å². The van der Waals surface area contributed by atoms with Gasteiger partial charge in [-0.1, -0.05) is 19.8 Å². The molecule has 0 aromatic carbocycles. The fourth-order valence-corrected chi connectivity index (χ4v) is 2.86. The van der Waals surface area contributed by atoms with Crippen molar-refractivity contribution >= 4 is 11.9 Å². The van der Waals surface area contributed by atoms with Crippen LogP contribution in [-0.4, -0.2) is 28.9 Å². The molecule has 2 fully saturated rings. The molecule has 0 unspecified atom stereocenters. The number of nitrogens with zero attached hydrogens (tertiary/aromatic N) is 2. The lowest BCUT2D eigenvalue weighted by Gasteiger charge is -2.36. The fraction of sp³-hybridized carbons (Fsp3) is 0.750. The molecule has 0 bridgehead atoms. The minimum absolute atomic E-state index is 0.134. The van der Waals surface area contributed by atoms with E-state index >= 15 is 0 Å². The van der Waals surface area contributed by atoms with Gasteiger partial charge in [0.2, 0.25) is 0 Å². The van der Waals surface area contributed by atoms with E-state index < -0.39 is 5.54 Å². The first-order valence-corrected chi connectivity index (χ1v) is 6.13. The van der Waals surface area contributed by atoms with E-state index in [1.807, 2.05) is 13.0 Å². The highest BCUT2D eigenvalue weighted by atomic mass is 16.2. The number of nitrogens with one attached hydrogen (secondary N) is 1. The summed E-state index contributed by atoms with van der Waals surface area (Å²) in [7, 11) is 0. The third-order valence-electron chi connectivity index (χ3n) is 3.95. The standard InChI is InChI=1S/C12H17N3O2/c1-9-5-2-3-6-12(9)10(16)15(8-4-7-13)11(17)14-12/h9H,2-6,8H2,1H3,(H,14,17)/t9-,12-/m0/s1. The molecule has 92 valence electrons. The summed E-state index contributed by atoms with van der Waals surface area (Å²) >= 11 is 0. The molecule has 2 atom stereocenters. The molecule has 1 heterocycles. The van der Waals surface area contributed by atoms with E-state index in [0.29, 0.717) is 0 Å². The maximum absolute atomic E-state index is 12.3. The van der Waals surface area contributed by atoms with Crippen LogP contribution in [0.2, 0.25) is 0 Å². The molecule has 5 nitrogen and oxygen atoms in total. The van der Waals surface area contributed by atoms with Crippen molar-refractivity contribution in [1.82, 2.24) is 10.2 Å². The Kier molecular flexibility index (Phi) is 3.05. The van der Waals surface area contributed by atoms with Crippen LogP contribution in [0, 0.1) is 17.2 Å². The summed E-state index contributed by atoms with van der Waals surface area (Å²) in [4.78, 5) is 25.3. The number of hydrogen-bond donors (Lipinski definition) is 1. The van der Waals surface area contributed by atoms with Crippen molar-refractivity contribution in [2.45, 2.75) is 44.6 Å². The Hall–Kier alpha value is -1.57. The predicted molar refractivity (Wildman–Crippen MR) is 60.8 cm³/mol. The lowest BCUT2D eigenvalue weighted by molar-refractivity contribution is -0.134. The first-order chi connectivity index (χ1) is 8.12. The maximum atomic E-state index is 12.3. The second kappa shape index (κ2) is 4.36. The van der Waals surface area contributed by atoms with Crippen molar-refractivity contribution in [1.29, 1.82) is 5.26 Å². The molecular weight excluding hydrogens is 218 g/mol. The second-order valence-electron chi connectivity index (χ2n) is 4.91. The van der Waals surface area contributed by atoms with Crippen molar-refractivity contribution in [3.63, 3.8) is 0 Å². The minimum atomic E-state index is -0.690. The molecule has 0 aromatic heterocycles. The maximum Gasteiger partial charge on any atom is 0.325 e. The third-order valence-corrected chi connectivity index (χ3v) is 3.95. The van der Waals surface area contributed by atoms with Crippen LogP contribution in [-0.2, 0) is 4.79 Å². The summed E-state index contributed by atoms with van der Waals surface area (Å²) in [6.45, 7) is 2.22. The number of carbonyl (C=O) groups excluding carboxylic acids is 2. The third kappa shape index (κ3) is 1.78. The number of nitriles is 1. The molecule has 2 aliphatic rings. The Bertz CT molecular complexity index is 388. The van der Waals surface area contributed by atoms with Crippen LogP contribution in [0.25, 0.3) is 0 Å². The zero-order valence-corrected chi connectivity index (χ0v) is 10.0. The molecule has 0 radical (unpaired) electrons. The summed E-state index contributed by atoms with van der Waals surface area (Å²) in [6, 6.07) is 1.63. The molecule has 1 aliphatic heterocycles. The van der Waals surface area contributed by atoms with Crippen LogP contribution in [0.15, 0.2) is 0 Å². The zero-order chi connectivity index (χ0) is 12.5. The highest BCUT2D eigenvalue weighted by Crippen LogP contribution is 2.38. The Morgan fingerprint density at radius 2 is 2.29 bits per heavy atom. The highest BCUT2D eigenvalue weighted by Gasteiger charge is 2.54. The van der Waals surface area contributed by atoms with E-state index in [9.17, 15) is 9.59 Å². The Balaban J connectivity index is 2.19. The molecule has 1 spiro atoms. The van der Waals surface area contributed by atoms with Crippen LogP contribution >= 0.6 is 0 Å². The van der Waals surface area contributed by atoms with Crippen LogP contribution in [0.3, 0.4) is 0 Å². The molecule has 5 heteroatoms. The number of amides is 3. The first kappa shape index (κ1) is 11.9. The fourth-order valence-electron chi connectivity index (χ4n) is 2.86. The smallest absolute Gasteiger partial charge is 0.323 e. The van der Waals surface area contributed by atoms with Gasteiger partial charge in [0.1, 0.15) is 5.54 Å². The SMILES string of the molecule is C[C@H]1CCCC[C@]12NC(=O)N(CCC#N)C2=O. The van der Waals surface area contributed by atoms with Crippen LogP contribution < -0.4 is 5.32 Å². The average molecular weight is 235 g/mol. The molecule has 1 saturated carbocycles. The molecule has 1 aliphatic carbocycles. The summed E-state index contributed by atoms with van der Waals surface area (Å²) in [5.41, 5.74) is -0.690. The Labute approximate surface area is 101 Å². The van der Waals surface area contributed by atoms with Gasteiger partial charge >= 0.3 is 6.03 Å². The molecular formula is C12H17N3O2. The molecule has 1 N–H and O–H groups in total. The average Bonchev–Trinajstić information content (AvgIpc) is 2.54. The van der Waals surface area contributed by atoms with E-state index in [1.54, 1.807) is 0 Å². The predicted octanol–water partition coefficient (Wildman–Crippen LogP) is 1.40. The van der Waals surface area contributed by atoms with Gasteiger partial charge in [0, 0.05) is 6.54 Å². The van der Waals surface area contributed by atoms with Gasteiger partial charge in [-0.2, -0.15) is 5.26 Å². The number of imide groups is 1. The molecule has 0 aromatic rings. The van der Waals surface area contributed by atoms with E-state index in [4.69, 9.17) is 5.26 Å². The summed E-state index contributed by atoms with van der Waals surface area (Å²) in [5.74, 6) is 0.0461. The normalized spacial score (nSPS) is 32.7. The zero-order valence-electron chi connectivity index (χ0n) is 10.0. The van der Waals surface area contributed by atoms with Crippen molar-refractivity contribution in [2.75, 3.05) is 6.54 Å². The van der Waals surface area contributed by atoms with Gasteiger partial charge in [-0.3, -0.25) is 9.69 Å². The quantitative estimate of drug-likeness (QED) is 0.735. The molecule has 1 saturated heterocycles. The number of carbonyl (C=O) groups is 2. The lowest BCUT2D eigenvalue weighted by Crippen LogP contribution is -2.53. The van der Waals surface area contributed by atoms with Gasteiger partial charge in [0.15, 0.2) is 0 Å². The monoisotopic (exact) mass is 235 g/mol. The lowest BCUT2D eigenvalue weighted by atomic mass is 9.73. The van der Waals surface area contributed by atoms with E-state index in [-0.39, 0.29) is 30.8 Å². The van der Waals surface area contributed by atoms with Crippen molar-refractivity contribution in [3.05, 3.63) is 0 Å². The molecule has 3 amide bonds. The van der Waals surface area contributed by atoms with E-state index in [2.05, 4.69) is 5.32 Å². The van der Waals surface area contributed by atoms with Gasteiger partial charge in [-0.25, -0.2) is 4.79 Å². The highest BCUT2D eigenvalue weighted by molar-refractivity contribution is 6.07. The summed E-state index contributed by atoms with van der Waals surface area (Å²) in [5, 5.41) is 11.4. The number of rotatable bonds is 2. The van der Waals surface area contributed by atoms with Gasteiger partial charge in [-0.05, 0) is 18.8 Å². The van der Waals surface area contributed by atoms with Gasteiger partial charge in [-0.15, -0.1) is 0 Å². The summed E-state index contributed by atoms with van der Waals surface area (Å²) < 4.78 is 0. The number of urea groups is 1. The summed E-state index contributed by atoms with van der Waals surface area (Å²) in [6.07, 6.45) is 3.98. The van der Waals surface area contributed by atoms with E-state index in [1.165, 1.54) is 4.90 Å². The van der Waals surface area contributed by atoms with Crippen molar-refractivity contribution < 1.29 is 9.59 Å². The largest absolute Gasteiger partial charge is 0.325 e. The first-order valence-electron chi connectivity index (χ1n) is 6.13. The van der Waals surface area contributed by atoms with Gasteiger partial charge in [0.25, 0.3) is 5.91 Å². The topological polar surface area (TPSA) is 73.2 Å². The number of hydrogen-bond acceptors (Lipinski definition) is 3. The minimum Gasteiger partial charge on any atom is -0.323 e. The molecule has 17 heavy (non-hydrogen) atoms. The van der Waals surface area contributed by atoms with Crippen molar-refractivity contribution in [2.24, 2.45) is 5.92 Å². The van der Waals surface area contributed by atoms with Crippen LogP contribution in [0.4, 0.5) is 4.79 Å². The van der Waals surface area contributed by atoms with Crippen molar-refractivity contribution in [3.8, 4) is 6.07 Å². The van der Waals surface area contributed by atoms with E-state index in [0.717, 1.165) is 25.7 Å². The van der Waals surface area contributed by atoms with Crippen LogP contribution in [0.1, 0.15) is 39.0 Å². The molecule has 2 rings (SSSR count). The van der Waals surface area contributed by atoms with Crippen LogP contribution in [0.5, 0.6) is 0 Å². The Morgan fingerprint density at radius 3 is 2.94 bits per heavy atom. The second-order valence-corrected chi connectivity index (χ2v) is 4.91. The Morgan fingerprint density at radius 1 is 1.53 bits per heavy atom.